The first kappa shape index (κ1) is 24.0. The highest BCUT2D eigenvalue weighted by molar-refractivity contribution is 6.25. The zero-order chi connectivity index (χ0) is 25.8. The number of hydrogen-bond acceptors (Lipinski definition) is 6. The first-order chi connectivity index (χ1) is 16.9. The van der Waals surface area contributed by atoms with Gasteiger partial charge in [0, 0.05) is 24.8 Å². The van der Waals surface area contributed by atoms with Crippen LogP contribution in [0.4, 0.5) is 17.6 Å². The van der Waals surface area contributed by atoms with Crippen molar-refractivity contribution in [2.45, 2.75) is 51.6 Å². The molecule has 1 amide bonds. The van der Waals surface area contributed by atoms with E-state index in [0.717, 1.165) is 11.8 Å². The SMILES string of the molecule is C[C@@H](NC(=O)C1=CC(N2CCn3cncc3C2)=NN2CC(C)(C)N=C12)c1cccc(C(F)(F)F)c1F. The number of hydrogen-bond donors (Lipinski definition) is 1. The summed E-state index contributed by atoms with van der Waals surface area (Å²) in [5, 5.41) is 9.04. The number of imidazole rings is 1. The van der Waals surface area contributed by atoms with E-state index in [-0.39, 0.29) is 11.1 Å². The van der Waals surface area contributed by atoms with E-state index >= 15 is 0 Å². The number of nitrogens with one attached hydrogen (secondary N) is 1. The molecule has 0 bridgehead atoms. The van der Waals surface area contributed by atoms with E-state index in [9.17, 15) is 22.4 Å². The number of aliphatic imine (C=N–C) groups is 1. The maximum absolute atomic E-state index is 14.7. The monoisotopic (exact) mass is 503 g/mol. The van der Waals surface area contributed by atoms with Gasteiger partial charge < -0.3 is 14.8 Å². The number of fused-ring (bicyclic) bond motifs is 2. The van der Waals surface area contributed by atoms with Gasteiger partial charge in [-0.2, -0.15) is 18.3 Å². The molecule has 3 aliphatic heterocycles. The summed E-state index contributed by atoms with van der Waals surface area (Å²) >= 11 is 0. The molecule has 1 aromatic heterocycles. The molecule has 36 heavy (non-hydrogen) atoms. The van der Waals surface area contributed by atoms with Crippen molar-refractivity contribution >= 4 is 17.6 Å². The fourth-order valence-electron chi connectivity index (χ4n) is 4.61. The lowest BCUT2D eigenvalue weighted by atomic mass is 10.0. The molecule has 0 radical (unpaired) electrons. The van der Waals surface area contributed by atoms with Crippen molar-refractivity contribution in [3.8, 4) is 0 Å². The van der Waals surface area contributed by atoms with E-state index in [4.69, 9.17) is 5.10 Å². The van der Waals surface area contributed by atoms with E-state index in [2.05, 4.69) is 15.3 Å². The average Bonchev–Trinajstić information content (AvgIpc) is 3.39. The van der Waals surface area contributed by atoms with Gasteiger partial charge in [-0.25, -0.2) is 14.4 Å². The standard InChI is InChI=1S/C24H25F4N7O/c1-14(16-5-4-6-18(20(16)25)24(26,27)28)30-22(36)17-9-19(32-35-12-23(2,3)31-21(17)35)33-7-8-34-13-29-10-15(34)11-33/h4-6,9-10,13-14H,7-8,11-12H2,1-3H3,(H,30,36)/t14-/m1/s1. The number of halogens is 4. The third kappa shape index (κ3) is 4.35. The van der Waals surface area contributed by atoms with Crippen LogP contribution in [-0.2, 0) is 24.1 Å². The Hall–Kier alpha value is -3.70. The lowest BCUT2D eigenvalue weighted by Crippen LogP contribution is -2.44. The lowest BCUT2D eigenvalue weighted by Gasteiger charge is -2.33. The molecule has 12 heteroatoms. The number of amides is 1. The minimum atomic E-state index is -4.84. The zero-order valence-electron chi connectivity index (χ0n) is 20.0. The molecule has 3 aliphatic rings. The number of carbonyl (C=O) groups excluding carboxylic acids is 1. The molecule has 1 atom stereocenters. The number of aromatic nitrogens is 2. The second-order valence-corrected chi connectivity index (χ2v) is 9.72. The number of alkyl halides is 3. The van der Waals surface area contributed by atoms with Crippen LogP contribution in [0.1, 0.15) is 43.6 Å². The number of nitrogens with zero attached hydrogens (tertiary/aromatic N) is 6. The number of carbonyl (C=O) groups is 1. The molecule has 5 rings (SSSR count). The molecule has 4 heterocycles. The summed E-state index contributed by atoms with van der Waals surface area (Å²) in [6.07, 6.45) is 0.346. The Labute approximate surface area is 205 Å². The smallest absolute Gasteiger partial charge is 0.347 e. The Balaban J connectivity index is 1.43. The molecule has 0 unspecified atom stereocenters. The topological polar surface area (TPSA) is 78.1 Å². The van der Waals surface area contributed by atoms with Crippen LogP contribution in [0.5, 0.6) is 0 Å². The summed E-state index contributed by atoms with van der Waals surface area (Å²) in [5.74, 6) is -1.03. The third-order valence-electron chi connectivity index (χ3n) is 6.41. The van der Waals surface area contributed by atoms with E-state index in [1.165, 1.54) is 13.0 Å². The Morgan fingerprint density at radius 3 is 2.75 bits per heavy atom. The number of rotatable bonds is 3. The van der Waals surface area contributed by atoms with Gasteiger partial charge in [0.05, 0.1) is 47.8 Å². The highest BCUT2D eigenvalue weighted by Crippen LogP contribution is 2.34. The first-order valence-electron chi connectivity index (χ1n) is 11.5. The molecule has 0 fully saturated rings. The second-order valence-electron chi connectivity index (χ2n) is 9.72. The Morgan fingerprint density at radius 2 is 2.00 bits per heavy atom. The molecule has 0 saturated heterocycles. The molecule has 1 aromatic carbocycles. The van der Waals surface area contributed by atoms with Crippen LogP contribution >= 0.6 is 0 Å². The van der Waals surface area contributed by atoms with Crippen molar-refractivity contribution in [3.63, 3.8) is 0 Å². The minimum absolute atomic E-state index is 0.226. The normalized spacial score (nSPS) is 19.7. The zero-order valence-corrected chi connectivity index (χ0v) is 20.0. The number of hydrazone groups is 1. The minimum Gasteiger partial charge on any atom is -0.347 e. The molecule has 0 spiro atoms. The Morgan fingerprint density at radius 1 is 1.22 bits per heavy atom. The maximum Gasteiger partial charge on any atom is 0.419 e. The molecule has 2 aromatic rings. The van der Waals surface area contributed by atoms with Gasteiger partial charge in [0.2, 0.25) is 0 Å². The second kappa shape index (κ2) is 8.45. The van der Waals surface area contributed by atoms with Crippen LogP contribution in [0.25, 0.3) is 0 Å². The van der Waals surface area contributed by atoms with Crippen LogP contribution in [0, 0.1) is 5.82 Å². The molecule has 0 saturated carbocycles. The number of benzene rings is 1. The van der Waals surface area contributed by atoms with E-state index < -0.39 is 35.0 Å². The maximum atomic E-state index is 14.7. The molecule has 190 valence electrons. The van der Waals surface area contributed by atoms with Gasteiger partial charge in [-0.05, 0) is 32.9 Å². The van der Waals surface area contributed by atoms with Gasteiger partial charge in [0.1, 0.15) is 11.7 Å². The molecule has 8 nitrogen and oxygen atoms in total. The van der Waals surface area contributed by atoms with Crippen molar-refractivity contribution in [1.82, 2.24) is 24.8 Å². The Bertz CT molecular complexity index is 1310. The van der Waals surface area contributed by atoms with Gasteiger partial charge in [-0.1, -0.05) is 12.1 Å². The third-order valence-corrected chi connectivity index (χ3v) is 6.41. The average molecular weight is 504 g/mol. The van der Waals surface area contributed by atoms with E-state index in [0.29, 0.717) is 43.9 Å². The summed E-state index contributed by atoms with van der Waals surface area (Å²) in [6, 6.07) is 2.02. The highest BCUT2D eigenvalue weighted by Gasteiger charge is 2.39. The molecular formula is C24H25F4N7O. The predicted octanol–water partition coefficient (Wildman–Crippen LogP) is 3.48. The lowest BCUT2D eigenvalue weighted by molar-refractivity contribution is -0.140. The fourth-order valence-corrected chi connectivity index (χ4v) is 4.61. The summed E-state index contributed by atoms with van der Waals surface area (Å²) in [5.41, 5.74) is -0.877. The summed E-state index contributed by atoms with van der Waals surface area (Å²) in [4.78, 5) is 24.2. The molecule has 0 aliphatic carbocycles. The van der Waals surface area contributed by atoms with Gasteiger partial charge in [-0.3, -0.25) is 9.79 Å². The highest BCUT2D eigenvalue weighted by atomic mass is 19.4. The van der Waals surface area contributed by atoms with Crippen molar-refractivity contribution in [2.24, 2.45) is 10.1 Å². The first-order valence-corrected chi connectivity index (χ1v) is 11.5. The predicted molar refractivity (Wildman–Crippen MR) is 124 cm³/mol. The van der Waals surface area contributed by atoms with E-state index in [1.54, 1.807) is 23.6 Å². The summed E-state index contributed by atoms with van der Waals surface area (Å²) in [6.45, 7) is 7.66. The molecule has 1 N–H and O–H groups in total. The fraction of sp³-hybridized carbons (Fsp3) is 0.417. The van der Waals surface area contributed by atoms with Gasteiger partial charge in [-0.15, -0.1) is 0 Å². The van der Waals surface area contributed by atoms with Gasteiger partial charge >= 0.3 is 6.18 Å². The largest absolute Gasteiger partial charge is 0.419 e. The summed E-state index contributed by atoms with van der Waals surface area (Å²) < 4.78 is 56.3. The van der Waals surface area contributed by atoms with Crippen LogP contribution in [0.2, 0.25) is 0 Å². The van der Waals surface area contributed by atoms with Crippen LogP contribution in [0.15, 0.2) is 52.5 Å². The van der Waals surface area contributed by atoms with Gasteiger partial charge in [0.15, 0.2) is 5.84 Å². The van der Waals surface area contributed by atoms with Crippen LogP contribution in [0.3, 0.4) is 0 Å². The van der Waals surface area contributed by atoms with Crippen molar-refractivity contribution in [1.29, 1.82) is 0 Å². The molecular weight excluding hydrogens is 478 g/mol. The van der Waals surface area contributed by atoms with Crippen molar-refractivity contribution in [3.05, 3.63) is 65.0 Å². The summed E-state index contributed by atoms with van der Waals surface area (Å²) in [7, 11) is 0. The van der Waals surface area contributed by atoms with Crippen molar-refractivity contribution in [2.75, 3.05) is 13.1 Å². The Kier molecular flexibility index (Phi) is 5.64. The van der Waals surface area contributed by atoms with Crippen LogP contribution in [-0.4, -0.2) is 55.7 Å². The van der Waals surface area contributed by atoms with Crippen molar-refractivity contribution < 1.29 is 22.4 Å². The quantitative estimate of drug-likeness (QED) is 0.651. The number of amidine groups is 2. The van der Waals surface area contributed by atoms with Gasteiger partial charge in [0.25, 0.3) is 5.91 Å². The van der Waals surface area contributed by atoms with E-state index in [1.807, 2.05) is 23.3 Å². The van der Waals surface area contributed by atoms with Crippen LogP contribution < -0.4 is 5.32 Å².